The Morgan fingerprint density at radius 2 is 2.00 bits per heavy atom. The summed E-state index contributed by atoms with van der Waals surface area (Å²) in [5, 5.41) is 8.35. The average Bonchev–Trinajstić information content (AvgIpc) is 3.42. The number of carbonyl (C=O) groups excluding carboxylic acids is 2. The molecule has 5 rings (SSSR count). The number of nitrogens with zero attached hydrogens (tertiary/aromatic N) is 8. The van der Waals surface area contributed by atoms with Gasteiger partial charge in [-0.25, -0.2) is 19.0 Å². The van der Waals surface area contributed by atoms with Crippen molar-refractivity contribution in [2.45, 2.75) is 19.9 Å². The van der Waals surface area contributed by atoms with Gasteiger partial charge in [0.05, 0.1) is 5.92 Å². The Labute approximate surface area is 183 Å². The molecule has 0 radical (unpaired) electrons. The highest BCUT2D eigenvalue weighted by Crippen LogP contribution is 2.28. The van der Waals surface area contributed by atoms with Crippen molar-refractivity contribution in [1.29, 1.82) is 0 Å². The third kappa shape index (κ3) is 3.53. The number of rotatable bonds is 4. The van der Waals surface area contributed by atoms with Crippen LogP contribution in [0.1, 0.15) is 13.3 Å². The zero-order chi connectivity index (χ0) is 22.2. The summed E-state index contributed by atoms with van der Waals surface area (Å²) in [6, 6.07) is 5.90. The first-order chi connectivity index (χ1) is 15.5. The molecule has 4 heterocycles. The maximum absolute atomic E-state index is 13.6. The molecular weight excluding hydrogens is 415 g/mol. The summed E-state index contributed by atoms with van der Waals surface area (Å²) in [5.74, 6) is -0.307. The van der Waals surface area contributed by atoms with E-state index in [-0.39, 0.29) is 24.8 Å². The number of hydrogen-bond donors (Lipinski definition) is 0. The number of benzene rings is 1. The van der Waals surface area contributed by atoms with E-state index in [0.29, 0.717) is 49.6 Å². The molecule has 2 aliphatic heterocycles. The molecule has 166 valence electrons. The molecule has 0 spiro atoms. The number of hydrogen-bond acceptors (Lipinski definition) is 7. The number of halogens is 1. The minimum absolute atomic E-state index is 0.0401. The highest BCUT2D eigenvalue weighted by molar-refractivity contribution is 6.00. The van der Waals surface area contributed by atoms with E-state index >= 15 is 0 Å². The topological polar surface area (TPSA) is 100 Å². The van der Waals surface area contributed by atoms with Gasteiger partial charge < -0.3 is 14.7 Å². The Bertz CT molecular complexity index is 1170. The molecule has 10 nitrogen and oxygen atoms in total. The predicted molar refractivity (Wildman–Crippen MR) is 114 cm³/mol. The summed E-state index contributed by atoms with van der Waals surface area (Å²) in [4.78, 5) is 39.6. The molecule has 2 fully saturated rings. The lowest BCUT2D eigenvalue weighted by Gasteiger charge is -2.36. The van der Waals surface area contributed by atoms with Gasteiger partial charge in [-0.1, -0.05) is 11.3 Å². The third-order valence-corrected chi connectivity index (χ3v) is 6.07. The average molecular weight is 438 g/mol. The van der Waals surface area contributed by atoms with Gasteiger partial charge >= 0.3 is 0 Å². The van der Waals surface area contributed by atoms with E-state index in [1.165, 1.54) is 23.4 Å². The SMILES string of the molecule is CCn1nnc2c(N3CCN(C(=O)C4CC(=O)N(c5cccc(F)c5)C4)CC3)ncnc21. The molecule has 2 saturated heterocycles. The summed E-state index contributed by atoms with van der Waals surface area (Å²) in [5.41, 5.74) is 1.84. The molecule has 1 aromatic carbocycles. The minimum Gasteiger partial charge on any atom is -0.351 e. The van der Waals surface area contributed by atoms with Crippen molar-refractivity contribution in [2.75, 3.05) is 42.5 Å². The lowest BCUT2D eigenvalue weighted by Crippen LogP contribution is -2.51. The van der Waals surface area contributed by atoms with Gasteiger partial charge in [0.25, 0.3) is 0 Å². The fourth-order valence-corrected chi connectivity index (χ4v) is 4.39. The molecule has 2 aliphatic rings. The molecule has 0 aliphatic carbocycles. The van der Waals surface area contributed by atoms with Crippen LogP contribution in [0.25, 0.3) is 11.2 Å². The van der Waals surface area contributed by atoms with E-state index in [1.54, 1.807) is 21.7 Å². The lowest BCUT2D eigenvalue weighted by molar-refractivity contribution is -0.136. The number of aryl methyl sites for hydroxylation is 1. The Kier molecular flexibility index (Phi) is 5.16. The van der Waals surface area contributed by atoms with Gasteiger partial charge in [-0.05, 0) is 25.1 Å². The van der Waals surface area contributed by atoms with Gasteiger partial charge in [-0.2, -0.15) is 0 Å². The zero-order valence-corrected chi connectivity index (χ0v) is 17.7. The van der Waals surface area contributed by atoms with Crippen molar-refractivity contribution in [1.82, 2.24) is 29.9 Å². The normalized spacial score (nSPS) is 19.2. The Hall–Kier alpha value is -3.63. The molecule has 32 heavy (non-hydrogen) atoms. The van der Waals surface area contributed by atoms with E-state index < -0.39 is 11.7 Å². The van der Waals surface area contributed by atoms with Crippen LogP contribution >= 0.6 is 0 Å². The van der Waals surface area contributed by atoms with Crippen LogP contribution in [0.4, 0.5) is 15.9 Å². The smallest absolute Gasteiger partial charge is 0.228 e. The fraction of sp³-hybridized carbons (Fsp3) is 0.429. The molecule has 3 aromatic rings. The number of piperazine rings is 1. The molecule has 0 saturated carbocycles. The number of aromatic nitrogens is 5. The van der Waals surface area contributed by atoms with Crippen LogP contribution in [0.5, 0.6) is 0 Å². The Morgan fingerprint density at radius 3 is 2.75 bits per heavy atom. The summed E-state index contributed by atoms with van der Waals surface area (Å²) in [6.45, 7) is 5.17. The second-order valence-electron chi connectivity index (χ2n) is 7.97. The van der Waals surface area contributed by atoms with E-state index in [4.69, 9.17) is 0 Å². The van der Waals surface area contributed by atoms with Crippen molar-refractivity contribution in [2.24, 2.45) is 5.92 Å². The van der Waals surface area contributed by atoms with Crippen LogP contribution in [0, 0.1) is 11.7 Å². The standard InChI is InChI=1S/C21H23FN8O2/c1-2-30-20-18(25-26-30)19(23-13-24-20)27-6-8-28(9-7-27)21(32)14-10-17(31)29(12-14)16-5-3-4-15(22)11-16/h3-5,11,13-14H,2,6-10,12H2,1H3. The molecular formula is C21H23FN8O2. The van der Waals surface area contributed by atoms with Crippen molar-refractivity contribution >= 4 is 34.5 Å². The fourth-order valence-electron chi connectivity index (χ4n) is 4.39. The first-order valence-corrected chi connectivity index (χ1v) is 10.7. The Balaban J connectivity index is 1.25. The van der Waals surface area contributed by atoms with E-state index in [1.807, 2.05) is 6.92 Å². The maximum atomic E-state index is 13.6. The molecule has 0 bridgehead atoms. The first kappa shape index (κ1) is 20.3. The van der Waals surface area contributed by atoms with Crippen molar-refractivity contribution in [3.63, 3.8) is 0 Å². The van der Waals surface area contributed by atoms with Crippen molar-refractivity contribution in [3.05, 3.63) is 36.4 Å². The number of fused-ring (bicyclic) bond motifs is 1. The van der Waals surface area contributed by atoms with Gasteiger partial charge in [0.1, 0.15) is 12.1 Å². The number of amides is 2. The van der Waals surface area contributed by atoms with Crippen LogP contribution in [0.3, 0.4) is 0 Å². The van der Waals surface area contributed by atoms with E-state index in [0.717, 1.165) is 5.82 Å². The summed E-state index contributed by atoms with van der Waals surface area (Å²) in [6.07, 6.45) is 1.65. The molecule has 1 atom stereocenters. The van der Waals surface area contributed by atoms with Crippen LogP contribution in [-0.4, -0.2) is 74.4 Å². The zero-order valence-electron chi connectivity index (χ0n) is 17.7. The summed E-state index contributed by atoms with van der Waals surface area (Å²) in [7, 11) is 0. The van der Waals surface area contributed by atoms with Crippen molar-refractivity contribution < 1.29 is 14.0 Å². The van der Waals surface area contributed by atoms with Gasteiger partial charge in [0, 0.05) is 51.4 Å². The van der Waals surface area contributed by atoms with Gasteiger partial charge in [0.15, 0.2) is 17.0 Å². The first-order valence-electron chi connectivity index (χ1n) is 10.7. The third-order valence-electron chi connectivity index (χ3n) is 6.07. The lowest BCUT2D eigenvalue weighted by atomic mass is 10.1. The monoisotopic (exact) mass is 438 g/mol. The van der Waals surface area contributed by atoms with Crippen LogP contribution < -0.4 is 9.80 Å². The highest BCUT2D eigenvalue weighted by atomic mass is 19.1. The number of anilines is 2. The van der Waals surface area contributed by atoms with Crippen LogP contribution in [-0.2, 0) is 16.1 Å². The second-order valence-corrected chi connectivity index (χ2v) is 7.97. The van der Waals surface area contributed by atoms with E-state index in [9.17, 15) is 14.0 Å². The molecule has 11 heteroatoms. The second kappa shape index (κ2) is 8.13. The molecule has 2 amide bonds. The van der Waals surface area contributed by atoms with Gasteiger partial charge in [-0.15, -0.1) is 5.10 Å². The summed E-state index contributed by atoms with van der Waals surface area (Å²) >= 11 is 0. The van der Waals surface area contributed by atoms with Gasteiger partial charge in [-0.3, -0.25) is 9.59 Å². The molecule has 2 aromatic heterocycles. The maximum Gasteiger partial charge on any atom is 0.228 e. The minimum atomic E-state index is -0.424. The predicted octanol–water partition coefficient (Wildman–Crippen LogP) is 1.08. The van der Waals surface area contributed by atoms with E-state index in [2.05, 4.69) is 25.2 Å². The van der Waals surface area contributed by atoms with Gasteiger partial charge in [0.2, 0.25) is 11.8 Å². The Morgan fingerprint density at radius 1 is 1.19 bits per heavy atom. The van der Waals surface area contributed by atoms with Crippen LogP contribution in [0.2, 0.25) is 0 Å². The summed E-state index contributed by atoms with van der Waals surface area (Å²) < 4.78 is 15.3. The van der Waals surface area contributed by atoms with Crippen LogP contribution in [0.15, 0.2) is 30.6 Å². The highest BCUT2D eigenvalue weighted by Gasteiger charge is 2.38. The number of carbonyl (C=O) groups is 2. The molecule has 1 unspecified atom stereocenters. The quantitative estimate of drug-likeness (QED) is 0.601. The van der Waals surface area contributed by atoms with Crippen molar-refractivity contribution in [3.8, 4) is 0 Å². The largest absolute Gasteiger partial charge is 0.351 e. The molecule has 0 N–H and O–H groups in total.